The summed E-state index contributed by atoms with van der Waals surface area (Å²) in [6, 6.07) is 24.5. The summed E-state index contributed by atoms with van der Waals surface area (Å²) in [5, 5.41) is 9.87. The third kappa shape index (κ3) is 10.2. The molecule has 2 amide bonds. The van der Waals surface area contributed by atoms with Crippen LogP contribution in [0.15, 0.2) is 107 Å². The van der Waals surface area contributed by atoms with E-state index in [0.717, 1.165) is 40.7 Å². The number of hydrogen-bond acceptors (Lipinski definition) is 5. The van der Waals surface area contributed by atoms with Gasteiger partial charge in [0.05, 0.1) is 0 Å². The van der Waals surface area contributed by atoms with Crippen LogP contribution in [0.4, 0.5) is 32.0 Å². The summed E-state index contributed by atoms with van der Waals surface area (Å²) in [7, 11) is 0. The highest BCUT2D eigenvalue weighted by Gasteiger charge is 2.30. The number of nitrogens with one attached hydrogen (secondary N) is 4. The number of halogens is 6. The highest BCUT2D eigenvalue weighted by atomic mass is 32.2. The first-order valence-electron chi connectivity index (χ1n) is 14.5. The van der Waals surface area contributed by atoms with Crippen molar-refractivity contribution in [3.63, 3.8) is 0 Å². The summed E-state index contributed by atoms with van der Waals surface area (Å²) in [5.74, 6) is -0.634. The van der Waals surface area contributed by atoms with Gasteiger partial charge in [-0.25, -0.2) is 0 Å². The molecular weight excluding hydrogens is 675 g/mol. The molecule has 6 rings (SSSR count). The van der Waals surface area contributed by atoms with E-state index in [2.05, 4.69) is 27.0 Å². The van der Waals surface area contributed by atoms with Crippen LogP contribution in [0.25, 0.3) is 10.9 Å². The van der Waals surface area contributed by atoms with E-state index in [1.54, 1.807) is 0 Å². The van der Waals surface area contributed by atoms with Gasteiger partial charge in [-0.05, 0) is 125 Å². The van der Waals surface area contributed by atoms with E-state index in [-0.39, 0.29) is 45.1 Å². The lowest BCUT2D eigenvalue weighted by Crippen LogP contribution is -2.22. The number of fused-ring (bicyclic) bond motifs is 2. The smallest absolute Gasteiger partial charge is 0.384 e. The van der Waals surface area contributed by atoms with Gasteiger partial charge < -0.3 is 20.9 Å². The number of alkyl halides is 6. The Balaban J connectivity index is 0.000000188. The van der Waals surface area contributed by atoms with Gasteiger partial charge in [0, 0.05) is 58.0 Å². The molecule has 0 bridgehead atoms. The molecule has 0 radical (unpaired) electrons. The van der Waals surface area contributed by atoms with Gasteiger partial charge >= 0.3 is 11.0 Å². The Bertz CT molecular complexity index is 1870. The van der Waals surface area contributed by atoms with Crippen molar-refractivity contribution in [1.82, 2.24) is 15.6 Å². The maximum Gasteiger partial charge on any atom is 0.446 e. The minimum atomic E-state index is -4.33. The summed E-state index contributed by atoms with van der Waals surface area (Å²) in [5.41, 5.74) is -2.68. The SMILES string of the molecule is O=C(NCc1ccc2[nH]ccc2c1)c1ccc(SC(F)(F)F)cc1.O=C(NCc1ccc2c(c1)CCN2)c1ccc(SC(F)(F)F)cc1. The number of rotatable bonds is 8. The molecule has 2 heterocycles. The molecule has 48 heavy (non-hydrogen) atoms. The fraction of sp³-hybridized carbons (Fsp3) is 0.176. The number of anilines is 1. The topological polar surface area (TPSA) is 86.0 Å². The number of hydrogen-bond donors (Lipinski definition) is 4. The molecule has 14 heteroatoms. The minimum Gasteiger partial charge on any atom is -0.384 e. The molecule has 0 atom stereocenters. The van der Waals surface area contributed by atoms with Crippen molar-refractivity contribution < 1.29 is 35.9 Å². The maximum absolute atomic E-state index is 12.3. The molecule has 0 saturated carbocycles. The van der Waals surface area contributed by atoms with E-state index in [1.165, 1.54) is 54.1 Å². The molecule has 0 unspecified atom stereocenters. The normalized spacial score (nSPS) is 12.5. The lowest BCUT2D eigenvalue weighted by molar-refractivity contribution is -0.0337. The van der Waals surface area contributed by atoms with E-state index < -0.39 is 11.0 Å². The zero-order chi connectivity index (χ0) is 34.3. The van der Waals surface area contributed by atoms with Crippen LogP contribution in [0.2, 0.25) is 0 Å². The fourth-order valence-corrected chi connectivity index (χ4v) is 5.94. The number of carbonyl (C=O) groups is 2. The summed E-state index contributed by atoms with van der Waals surface area (Å²) < 4.78 is 73.7. The van der Waals surface area contributed by atoms with Crippen LogP contribution in [0.1, 0.15) is 37.4 Å². The molecule has 0 spiro atoms. The highest BCUT2D eigenvalue weighted by molar-refractivity contribution is 8.00. The molecule has 6 nitrogen and oxygen atoms in total. The van der Waals surface area contributed by atoms with Gasteiger partial charge in [-0.3, -0.25) is 9.59 Å². The summed E-state index contributed by atoms with van der Waals surface area (Å²) in [6.45, 7) is 1.65. The third-order valence-electron chi connectivity index (χ3n) is 7.10. The van der Waals surface area contributed by atoms with Gasteiger partial charge in [-0.2, -0.15) is 26.3 Å². The largest absolute Gasteiger partial charge is 0.446 e. The summed E-state index contributed by atoms with van der Waals surface area (Å²) in [4.78, 5) is 27.4. The number of H-pyrrole nitrogens is 1. The zero-order valence-electron chi connectivity index (χ0n) is 25.0. The van der Waals surface area contributed by atoms with Crippen molar-refractivity contribution in [3.05, 3.63) is 125 Å². The Hall–Kier alpha value is -4.56. The third-order valence-corrected chi connectivity index (χ3v) is 8.58. The van der Waals surface area contributed by atoms with Crippen LogP contribution in [0, 0.1) is 0 Å². The predicted octanol–water partition coefficient (Wildman–Crippen LogP) is 8.91. The molecule has 4 N–H and O–H groups in total. The summed E-state index contributed by atoms with van der Waals surface area (Å²) in [6.07, 6.45) is 2.81. The van der Waals surface area contributed by atoms with Gasteiger partial charge in [-0.15, -0.1) is 0 Å². The van der Waals surface area contributed by atoms with Gasteiger partial charge in [0.25, 0.3) is 11.8 Å². The molecule has 1 aliphatic rings. The first kappa shape index (κ1) is 34.8. The molecule has 5 aromatic rings. The first-order valence-corrected chi connectivity index (χ1v) is 16.1. The Morgan fingerprint density at radius 3 is 1.73 bits per heavy atom. The number of amides is 2. The molecule has 1 aliphatic heterocycles. The van der Waals surface area contributed by atoms with Crippen LogP contribution in [-0.2, 0) is 19.5 Å². The number of aromatic nitrogens is 1. The van der Waals surface area contributed by atoms with Crippen LogP contribution in [-0.4, -0.2) is 34.4 Å². The van der Waals surface area contributed by atoms with E-state index in [9.17, 15) is 35.9 Å². The van der Waals surface area contributed by atoms with Crippen LogP contribution >= 0.6 is 23.5 Å². The Kier molecular flexibility index (Phi) is 10.9. The second kappa shape index (κ2) is 15.1. The van der Waals surface area contributed by atoms with Gasteiger partial charge in [-0.1, -0.05) is 18.2 Å². The van der Waals surface area contributed by atoms with Gasteiger partial charge in [0.1, 0.15) is 0 Å². The lowest BCUT2D eigenvalue weighted by Gasteiger charge is -2.09. The predicted molar refractivity (Wildman–Crippen MR) is 176 cm³/mol. The lowest BCUT2D eigenvalue weighted by atomic mass is 10.1. The molecular formula is C34H28F6N4O2S2. The van der Waals surface area contributed by atoms with Crippen LogP contribution in [0.5, 0.6) is 0 Å². The van der Waals surface area contributed by atoms with Crippen molar-refractivity contribution >= 4 is 51.9 Å². The van der Waals surface area contributed by atoms with Gasteiger partial charge in [0.2, 0.25) is 0 Å². The standard InChI is InChI=1S/C17H15F3N2OS.C17H13F3N2OS/c2*18-17(19,20)24-14-4-2-12(3-5-14)16(23)22-10-11-1-6-15-13(9-11)7-8-21-15/h1-6,9,21H,7-8,10H2,(H,22,23);1-9,21H,10H2,(H,22,23). The van der Waals surface area contributed by atoms with Gasteiger partial charge in [0.15, 0.2) is 0 Å². The Labute approximate surface area is 280 Å². The van der Waals surface area contributed by atoms with Crippen molar-refractivity contribution in [2.75, 3.05) is 11.9 Å². The monoisotopic (exact) mass is 702 g/mol. The Morgan fingerprint density at radius 2 is 1.19 bits per heavy atom. The fourth-order valence-electron chi connectivity index (χ4n) is 4.87. The van der Waals surface area contributed by atoms with Crippen molar-refractivity contribution in [1.29, 1.82) is 0 Å². The zero-order valence-corrected chi connectivity index (χ0v) is 26.6. The average molecular weight is 703 g/mol. The van der Waals surface area contributed by atoms with Crippen molar-refractivity contribution in [2.24, 2.45) is 0 Å². The molecule has 1 aromatic heterocycles. The van der Waals surface area contributed by atoms with E-state index in [1.807, 2.05) is 42.6 Å². The van der Waals surface area contributed by atoms with Crippen LogP contribution < -0.4 is 16.0 Å². The first-order chi connectivity index (χ1) is 22.8. The number of thioether (sulfide) groups is 2. The second-order valence-corrected chi connectivity index (χ2v) is 12.9. The number of carbonyl (C=O) groups excluding carboxylic acids is 2. The molecule has 250 valence electrons. The number of aromatic amines is 1. The quantitative estimate of drug-likeness (QED) is 0.0959. The van der Waals surface area contributed by atoms with E-state index in [0.29, 0.717) is 24.2 Å². The number of benzene rings is 4. The molecule has 4 aromatic carbocycles. The molecule has 0 fully saturated rings. The van der Waals surface area contributed by atoms with Crippen molar-refractivity contribution in [2.45, 2.75) is 40.3 Å². The molecule has 0 saturated heterocycles. The highest BCUT2D eigenvalue weighted by Crippen LogP contribution is 2.37. The van der Waals surface area contributed by atoms with E-state index >= 15 is 0 Å². The Morgan fingerprint density at radius 1 is 0.667 bits per heavy atom. The maximum atomic E-state index is 12.3. The average Bonchev–Trinajstić information content (AvgIpc) is 3.71. The minimum absolute atomic E-state index is 0.0527. The van der Waals surface area contributed by atoms with Crippen molar-refractivity contribution in [3.8, 4) is 0 Å². The second-order valence-electron chi connectivity index (χ2n) is 10.6. The van der Waals surface area contributed by atoms with E-state index in [4.69, 9.17) is 0 Å². The summed E-state index contributed by atoms with van der Waals surface area (Å²) >= 11 is -0.396. The van der Waals surface area contributed by atoms with Crippen LogP contribution in [0.3, 0.4) is 0 Å². The molecule has 0 aliphatic carbocycles.